The van der Waals surface area contributed by atoms with Crippen LogP contribution in [0.3, 0.4) is 0 Å². The van der Waals surface area contributed by atoms with Gasteiger partial charge >= 0.3 is 39.2 Å². The minimum Gasteiger partial charge on any atom is -0.286 e. The summed E-state index contributed by atoms with van der Waals surface area (Å²) in [5.41, 5.74) is -0.303. The van der Waals surface area contributed by atoms with Crippen molar-refractivity contribution in [2.24, 2.45) is 4.30 Å². The molecule has 0 aliphatic carbocycles. The van der Waals surface area contributed by atoms with Gasteiger partial charge < -0.3 is 37.5 Å². The van der Waals surface area contributed by atoms with E-state index in [1.54, 1.807) is 53.7 Å². The van der Waals surface area contributed by atoms with Gasteiger partial charge in [0, 0.05) is 63.0 Å². The number of thiol groups is 1. The second-order valence-corrected chi connectivity index (χ2v) is 16.4. The van der Waals surface area contributed by atoms with Crippen molar-refractivity contribution in [1.29, 1.82) is 0 Å². The normalized spacial score (nSPS) is 16.7. The molecule has 2 N–H and O–H groups in total. The number of halogens is 2. The second-order valence-electron chi connectivity index (χ2n) is 14.3. The van der Waals surface area contributed by atoms with Gasteiger partial charge in [-0.1, -0.05) is 14.0 Å². The Bertz CT molecular complexity index is 1620. The number of nitrogens with one attached hydrogen (secondary N) is 2. The molecule has 2 unspecified atom stereocenters. The number of hydrogen-bond acceptors (Lipinski definition) is 14. The van der Waals surface area contributed by atoms with Crippen molar-refractivity contribution in [3.8, 4) is 0 Å². The van der Waals surface area contributed by atoms with Gasteiger partial charge in [0.1, 0.15) is 12.5 Å². The van der Waals surface area contributed by atoms with Crippen LogP contribution in [0.15, 0.2) is 81.7 Å². The largest absolute Gasteiger partial charge is 0.286 e. The predicted molar refractivity (Wildman–Crippen MR) is 254 cm³/mol. The van der Waals surface area contributed by atoms with Crippen LogP contribution < -0.4 is 5.46 Å². The number of nitrogens with zero attached hydrogens (tertiary/aromatic N) is 7. The molecular weight excluding hydrogens is 935 g/mol. The summed E-state index contributed by atoms with van der Waals surface area (Å²) in [6, 6.07) is 1.83. The van der Waals surface area contributed by atoms with Crippen molar-refractivity contribution < 1.29 is 37.5 Å². The average molecular weight is 1000 g/mol. The third-order valence-corrected chi connectivity index (χ3v) is 9.70. The number of H-pyrrole nitrogens is 2. The van der Waals surface area contributed by atoms with Crippen LogP contribution in [-0.4, -0.2) is 111 Å². The Kier molecular flexibility index (Phi) is 31.0. The Morgan fingerprint density at radius 1 is 0.820 bits per heavy atom. The van der Waals surface area contributed by atoms with E-state index in [0.29, 0.717) is 13.2 Å². The van der Waals surface area contributed by atoms with E-state index in [1.165, 1.54) is 6.26 Å². The molecule has 4 aromatic rings. The predicted octanol–water partition coefficient (Wildman–Crippen LogP) is 8.73. The molecule has 61 heavy (non-hydrogen) atoms. The zero-order valence-corrected chi connectivity index (χ0v) is 41.7. The molecule has 6 rings (SSSR count). The second kappa shape index (κ2) is 31.3. The Balaban J connectivity index is 0. The monoisotopic (exact) mass is 1000 g/mol. The van der Waals surface area contributed by atoms with E-state index in [2.05, 4.69) is 98.5 Å². The first kappa shape index (κ1) is 60.5. The van der Waals surface area contributed by atoms with E-state index in [9.17, 15) is 0 Å². The molecule has 0 spiro atoms. The maximum absolute atomic E-state index is 5.99. The van der Waals surface area contributed by atoms with Gasteiger partial charge in [0.25, 0.3) is 0 Å². The van der Waals surface area contributed by atoms with E-state index in [0.717, 1.165) is 21.0 Å². The van der Waals surface area contributed by atoms with Crippen molar-refractivity contribution >= 4 is 72.2 Å². The molecule has 6 heterocycles. The molecule has 2 aliphatic heterocycles. The summed E-state index contributed by atoms with van der Waals surface area (Å²) in [7, 11) is 5.03. The smallest absolute Gasteiger partial charge is 0.0487 e. The first-order valence-corrected chi connectivity index (χ1v) is 21.2. The molecule has 2 saturated heterocycles. The van der Waals surface area contributed by atoms with Crippen LogP contribution in [0.5, 0.6) is 0 Å². The van der Waals surface area contributed by atoms with Gasteiger partial charge in [-0.05, 0) is 128 Å². The molecule has 17 nitrogen and oxygen atoms in total. The van der Waals surface area contributed by atoms with Crippen molar-refractivity contribution in [2.45, 2.75) is 132 Å². The van der Waals surface area contributed by atoms with E-state index in [-0.39, 0.29) is 49.4 Å². The van der Waals surface area contributed by atoms with Gasteiger partial charge in [-0.2, -0.15) is 20.4 Å². The van der Waals surface area contributed by atoms with Crippen molar-refractivity contribution in [3.63, 3.8) is 0 Å². The van der Waals surface area contributed by atoms with E-state index < -0.39 is 7.32 Å². The standard InChI is InChI=1S/C13H23BN2O3.C7H15BO3.C7H11BrN2O.C4H8O.C3H3BrN2.C3H4N2.CH4.BHNS/c1-7-17-10(2)16-9-11(8-15-16)14-18-12(3,4)13(5,6)19-14;1-6(2)7(3,4)11-8(9-5)10-6;1-3-11-6(2)10-5-7(8)4-9-10;1-3-5-4-2;4-3-1-5-6-2-3;1-2-4-5-3-1;;1-2-3/h8-10H,7H2,1-6H3;1-5H3;4-6H,3H2,1-2H3;3H,1,4H2,2H3;1-2H,(H,5,6);1-3H,(H,4,5);1H4;3H. The first-order chi connectivity index (χ1) is 28.1. The summed E-state index contributed by atoms with van der Waals surface area (Å²) in [6.45, 7) is 31.3. The molecule has 4 aromatic heterocycles. The molecule has 2 aliphatic rings. The molecule has 2 atom stereocenters. The molecule has 2 fully saturated rings. The molecule has 0 saturated carbocycles. The quantitative estimate of drug-likeness (QED) is 0.0783. The molecule has 0 aromatic carbocycles. The fourth-order valence-electron chi connectivity index (χ4n) is 4.25. The van der Waals surface area contributed by atoms with Crippen LogP contribution >= 0.6 is 44.7 Å². The maximum atomic E-state index is 5.99. The summed E-state index contributed by atoms with van der Waals surface area (Å²) in [5, 5.41) is 20.9. The van der Waals surface area contributed by atoms with Crippen molar-refractivity contribution in [1.82, 2.24) is 40.0 Å². The number of ether oxygens (including phenoxy) is 3. The van der Waals surface area contributed by atoms with Crippen LogP contribution in [0.2, 0.25) is 0 Å². The molecule has 1 radical (unpaired) electrons. The Morgan fingerprint density at radius 2 is 1.31 bits per heavy atom. The number of hydrogen-bond donors (Lipinski definition) is 3. The summed E-state index contributed by atoms with van der Waals surface area (Å²) in [6.07, 6.45) is 15.6. The summed E-state index contributed by atoms with van der Waals surface area (Å²) in [5.74, 6) is 0. The Labute approximate surface area is 388 Å². The van der Waals surface area contributed by atoms with E-state index in [1.807, 2.05) is 108 Å². The third kappa shape index (κ3) is 23.1. The number of rotatable bonds is 10. The van der Waals surface area contributed by atoms with Crippen molar-refractivity contribution in [3.05, 3.63) is 77.4 Å². The molecule has 0 amide bonds. The van der Waals surface area contributed by atoms with Crippen LogP contribution in [0.1, 0.15) is 110 Å². The maximum Gasteiger partial charge on any atom is 0.0487 e. The third-order valence-electron chi connectivity index (χ3n) is 8.86. The van der Waals surface area contributed by atoms with Gasteiger partial charge in [-0.3, -0.25) is 10.2 Å². The average Bonchev–Trinajstić information content (AvgIpc) is 4.03. The molecule has 23 heteroatoms. The minimum atomic E-state index is -0.514. The number of aromatic amines is 2. The fraction of sp³-hybridized carbons (Fsp3) is 0.632. The molecule has 0 bridgehead atoms. The zero-order valence-electron chi connectivity index (χ0n) is 37.6. The molecular formula is C38H69B3Br2N9O8S. The van der Waals surface area contributed by atoms with Crippen LogP contribution in [-0.2, 0) is 37.5 Å². The summed E-state index contributed by atoms with van der Waals surface area (Å²) >= 11 is 9.69. The fourth-order valence-corrected chi connectivity index (χ4v) is 4.76. The van der Waals surface area contributed by atoms with Crippen LogP contribution in [0.4, 0.5) is 0 Å². The first-order valence-electron chi connectivity index (χ1n) is 19.2. The zero-order chi connectivity index (χ0) is 46.0. The van der Waals surface area contributed by atoms with Crippen molar-refractivity contribution in [2.75, 3.05) is 26.9 Å². The summed E-state index contributed by atoms with van der Waals surface area (Å²) < 4.78 is 51.5. The van der Waals surface area contributed by atoms with Gasteiger partial charge in [0.15, 0.2) is 0 Å². The van der Waals surface area contributed by atoms with E-state index in [4.69, 9.17) is 32.7 Å². The Hall–Kier alpha value is -2.60. The van der Waals surface area contributed by atoms with Crippen LogP contribution in [0.25, 0.3) is 0 Å². The van der Waals surface area contributed by atoms with Gasteiger partial charge in [-0.15, -0.1) is 0 Å². The van der Waals surface area contributed by atoms with E-state index >= 15 is 0 Å². The Morgan fingerprint density at radius 3 is 1.59 bits per heavy atom. The topological polar surface area (TPSA) is 179 Å². The minimum absolute atomic E-state index is 0. The van der Waals surface area contributed by atoms with Gasteiger partial charge in [-0.25, -0.2) is 9.36 Å². The van der Waals surface area contributed by atoms with Crippen LogP contribution in [0, 0.1) is 0 Å². The van der Waals surface area contributed by atoms with Gasteiger partial charge in [0.2, 0.25) is 0 Å². The van der Waals surface area contributed by atoms with Gasteiger partial charge in [0.05, 0.1) is 56.6 Å². The molecule has 343 valence electrons. The summed E-state index contributed by atoms with van der Waals surface area (Å²) in [4.78, 5) is 0. The SMILES string of the molecule is Brc1cn[nH]c1.C.C=COCC.CCOC(C)n1cc(B2OC(C)(C)C(C)(C)O2)cn1.CCOC(C)n1cc(Br)cn1.COB1OC(C)(C)C(C)(C)O1.[B]=NS.c1cn[nH]c1. The number of aromatic nitrogens is 8.